The number of rotatable bonds is 9. The zero-order valence-corrected chi connectivity index (χ0v) is 23.1. The number of carbonyl (C=O) groups excluding carboxylic acids is 2. The average molecular weight is 556 g/mol. The number of benzene rings is 3. The molecular formula is C31H33N5O5. The van der Waals surface area contributed by atoms with Crippen molar-refractivity contribution in [1.82, 2.24) is 15.3 Å². The van der Waals surface area contributed by atoms with Gasteiger partial charge in [0.25, 0.3) is 11.8 Å². The Morgan fingerprint density at radius 3 is 2.44 bits per heavy atom. The van der Waals surface area contributed by atoms with Crippen molar-refractivity contribution in [2.24, 2.45) is 0 Å². The van der Waals surface area contributed by atoms with E-state index < -0.39 is 5.97 Å². The number of anilines is 2. The zero-order chi connectivity index (χ0) is 28.9. The Morgan fingerprint density at radius 1 is 0.976 bits per heavy atom. The number of aryl methyl sites for hydroxylation is 1. The Morgan fingerprint density at radius 2 is 1.73 bits per heavy atom. The molecule has 0 radical (unpaired) electrons. The molecule has 0 bridgehead atoms. The van der Waals surface area contributed by atoms with E-state index in [-0.39, 0.29) is 17.4 Å². The van der Waals surface area contributed by atoms with Gasteiger partial charge in [-0.2, -0.15) is 0 Å². The number of carbonyl (C=O) groups is 3. The third kappa shape index (κ3) is 6.46. The van der Waals surface area contributed by atoms with Crippen LogP contribution in [0.2, 0.25) is 0 Å². The van der Waals surface area contributed by atoms with Crippen LogP contribution in [-0.4, -0.2) is 79.1 Å². The quantitative estimate of drug-likeness (QED) is 0.180. The third-order valence-electron chi connectivity index (χ3n) is 7.33. The van der Waals surface area contributed by atoms with Gasteiger partial charge in [-0.25, -0.2) is 10.3 Å². The smallest absolute Gasteiger partial charge is 0.335 e. The maximum atomic E-state index is 13.1. The molecule has 1 saturated heterocycles. The molecule has 2 aliphatic rings. The Kier molecular flexibility index (Phi) is 8.44. The summed E-state index contributed by atoms with van der Waals surface area (Å²) in [6, 6.07) is 19.3. The van der Waals surface area contributed by atoms with Crippen molar-refractivity contribution in [2.75, 3.05) is 57.0 Å². The summed E-state index contributed by atoms with van der Waals surface area (Å²) in [7, 11) is 2.11. The topological polar surface area (TPSA) is 123 Å². The van der Waals surface area contributed by atoms with Gasteiger partial charge in [-0.3, -0.25) is 19.3 Å². The Hall–Kier alpha value is -4.51. The van der Waals surface area contributed by atoms with Crippen LogP contribution in [0.25, 0.3) is 11.3 Å². The van der Waals surface area contributed by atoms with Crippen molar-refractivity contribution >= 4 is 40.4 Å². The first-order valence-electron chi connectivity index (χ1n) is 13.5. The summed E-state index contributed by atoms with van der Waals surface area (Å²) in [6.07, 6.45) is 0. The van der Waals surface area contributed by atoms with Crippen LogP contribution in [0.3, 0.4) is 0 Å². The highest BCUT2D eigenvalue weighted by atomic mass is 16.7. The van der Waals surface area contributed by atoms with E-state index in [9.17, 15) is 19.5 Å². The number of carboxylic acid groups (broad SMARTS) is 1. The minimum Gasteiger partial charge on any atom is -0.478 e. The van der Waals surface area contributed by atoms with Crippen LogP contribution in [0.1, 0.15) is 37.4 Å². The van der Waals surface area contributed by atoms with Gasteiger partial charge in [0.2, 0.25) is 0 Å². The number of aromatic carboxylic acids is 1. The summed E-state index contributed by atoms with van der Waals surface area (Å²) in [5.41, 5.74) is 7.32. The van der Waals surface area contributed by atoms with E-state index in [4.69, 9.17) is 4.84 Å². The maximum Gasteiger partial charge on any atom is 0.335 e. The number of nitrogens with zero attached hydrogens (tertiary/aromatic N) is 2. The first-order chi connectivity index (χ1) is 19.8. The van der Waals surface area contributed by atoms with Crippen molar-refractivity contribution in [2.45, 2.75) is 6.92 Å². The third-order valence-corrected chi connectivity index (χ3v) is 7.33. The molecule has 2 heterocycles. The fourth-order valence-electron chi connectivity index (χ4n) is 5.00. The number of hydroxylamine groups is 1. The van der Waals surface area contributed by atoms with Gasteiger partial charge >= 0.3 is 5.97 Å². The molecule has 0 aliphatic carbocycles. The Labute approximate surface area is 238 Å². The number of piperazine rings is 1. The summed E-state index contributed by atoms with van der Waals surface area (Å²) in [6.45, 7) is 7.01. The van der Waals surface area contributed by atoms with Crippen LogP contribution >= 0.6 is 0 Å². The van der Waals surface area contributed by atoms with Crippen molar-refractivity contribution in [3.63, 3.8) is 0 Å². The van der Waals surface area contributed by atoms with Gasteiger partial charge in [0.1, 0.15) is 0 Å². The second kappa shape index (κ2) is 12.3. The Bertz CT molecular complexity index is 1500. The molecule has 2 aliphatic heterocycles. The van der Waals surface area contributed by atoms with Crippen molar-refractivity contribution < 1.29 is 24.3 Å². The predicted octanol–water partition coefficient (Wildman–Crippen LogP) is 3.53. The lowest BCUT2D eigenvalue weighted by atomic mass is 9.98. The summed E-state index contributed by atoms with van der Waals surface area (Å²) >= 11 is 0. The second-order valence-electron chi connectivity index (χ2n) is 10.2. The average Bonchev–Trinajstić information content (AvgIpc) is 3.30. The standard InChI is InChI=1S/C31H33N5O5/c1-20-18-23(9-11-24(20)29(37)34-41-17-16-36-14-12-35(2)13-15-36)32-28(21-6-4-3-5-7-21)27-25-10-8-22(31(39)40)19-26(25)33-30(27)38/h3-11,18-19,32H,12-17H2,1-2H3,(H,33,38)(H,34,37)(H,39,40)/b28-27-. The van der Waals surface area contributed by atoms with Crippen LogP contribution in [0.15, 0.2) is 66.7 Å². The Balaban J connectivity index is 1.33. The van der Waals surface area contributed by atoms with Crippen LogP contribution in [0, 0.1) is 6.92 Å². The summed E-state index contributed by atoms with van der Waals surface area (Å²) in [4.78, 5) is 47.4. The highest BCUT2D eigenvalue weighted by molar-refractivity contribution is 6.37. The number of carboxylic acids is 1. The fraction of sp³-hybridized carbons (Fsp3) is 0.258. The number of hydrogen-bond donors (Lipinski definition) is 4. The molecule has 212 valence electrons. The first kappa shape index (κ1) is 28.0. The highest BCUT2D eigenvalue weighted by Gasteiger charge is 2.29. The lowest BCUT2D eigenvalue weighted by Crippen LogP contribution is -2.45. The molecule has 0 atom stereocenters. The molecule has 4 N–H and O–H groups in total. The fourth-order valence-corrected chi connectivity index (χ4v) is 5.00. The zero-order valence-electron chi connectivity index (χ0n) is 23.1. The van der Waals surface area contributed by atoms with Gasteiger partial charge in [-0.05, 0) is 55.4 Å². The normalized spacial score (nSPS) is 16.6. The van der Waals surface area contributed by atoms with Gasteiger partial charge in [-0.1, -0.05) is 36.4 Å². The van der Waals surface area contributed by atoms with E-state index in [1.165, 1.54) is 12.1 Å². The molecular weight excluding hydrogens is 522 g/mol. The van der Waals surface area contributed by atoms with Gasteiger partial charge in [0.05, 0.1) is 29.1 Å². The molecule has 0 saturated carbocycles. The first-order valence-corrected chi connectivity index (χ1v) is 13.5. The van der Waals surface area contributed by atoms with Crippen LogP contribution in [0.5, 0.6) is 0 Å². The number of likely N-dealkylation sites (N-methyl/N-ethyl adjacent to an activating group) is 1. The second-order valence-corrected chi connectivity index (χ2v) is 10.2. The molecule has 0 spiro atoms. The molecule has 5 rings (SSSR count). The van der Waals surface area contributed by atoms with Crippen LogP contribution in [0.4, 0.5) is 11.4 Å². The van der Waals surface area contributed by atoms with Gasteiger partial charge in [-0.15, -0.1) is 0 Å². The lowest BCUT2D eigenvalue weighted by molar-refractivity contribution is -0.110. The van der Waals surface area contributed by atoms with Crippen LogP contribution < -0.4 is 16.1 Å². The number of amides is 2. The number of fused-ring (bicyclic) bond motifs is 1. The number of nitrogens with one attached hydrogen (secondary N) is 3. The van der Waals surface area contributed by atoms with Gasteiger partial charge in [0, 0.05) is 49.5 Å². The summed E-state index contributed by atoms with van der Waals surface area (Å²) in [5, 5.41) is 15.5. The summed E-state index contributed by atoms with van der Waals surface area (Å²) in [5.74, 6) is -1.73. The minimum atomic E-state index is -1.07. The van der Waals surface area contributed by atoms with Gasteiger partial charge in [0.15, 0.2) is 0 Å². The monoisotopic (exact) mass is 555 g/mol. The SMILES string of the molecule is Cc1cc(N/C(=C2\C(=O)Nc3cc(C(=O)O)ccc32)c2ccccc2)ccc1C(=O)NOCCN1CCN(C)CC1. The molecule has 3 aromatic carbocycles. The van der Waals surface area contributed by atoms with E-state index in [2.05, 4.69) is 33.0 Å². The largest absolute Gasteiger partial charge is 0.478 e. The lowest BCUT2D eigenvalue weighted by Gasteiger charge is -2.32. The molecule has 10 heteroatoms. The predicted molar refractivity (Wildman–Crippen MR) is 157 cm³/mol. The molecule has 0 unspecified atom stereocenters. The highest BCUT2D eigenvalue weighted by Crippen LogP contribution is 2.38. The maximum absolute atomic E-state index is 13.1. The number of hydrogen-bond acceptors (Lipinski definition) is 7. The van der Waals surface area contributed by atoms with Crippen molar-refractivity contribution in [3.05, 3.63) is 94.5 Å². The molecule has 1 fully saturated rings. The van der Waals surface area contributed by atoms with E-state index in [0.29, 0.717) is 40.4 Å². The molecule has 10 nitrogen and oxygen atoms in total. The van der Waals surface area contributed by atoms with Gasteiger partial charge < -0.3 is 20.6 Å². The van der Waals surface area contributed by atoms with Crippen molar-refractivity contribution in [3.8, 4) is 0 Å². The molecule has 2 amide bonds. The molecule has 0 aromatic heterocycles. The molecule has 41 heavy (non-hydrogen) atoms. The van der Waals surface area contributed by atoms with E-state index >= 15 is 0 Å². The van der Waals surface area contributed by atoms with Crippen molar-refractivity contribution in [1.29, 1.82) is 0 Å². The van der Waals surface area contributed by atoms with E-state index in [0.717, 1.165) is 43.9 Å². The molecule has 3 aromatic rings. The van der Waals surface area contributed by atoms with Crippen LogP contribution in [-0.2, 0) is 9.63 Å². The van der Waals surface area contributed by atoms with E-state index in [1.807, 2.05) is 43.3 Å². The summed E-state index contributed by atoms with van der Waals surface area (Å²) < 4.78 is 0. The van der Waals surface area contributed by atoms with E-state index in [1.54, 1.807) is 18.2 Å². The minimum absolute atomic E-state index is 0.0901.